The summed E-state index contributed by atoms with van der Waals surface area (Å²) in [6.07, 6.45) is 0.756. The van der Waals surface area contributed by atoms with Gasteiger partial charge in [0.15, 0.2) is 9.84 Å². The Balaban J connectivity index is 1.99. The van der Waals surface area contributed by atoms with E-state index < -0.39 is 9.84 Å². The fourth-order valence-corrected chi connectivity index (χ4v) is 3.95. The standard InChI is InChI=1S/C11H17NO2S2/c1-10-2-4-12(5-7-16(10,13)14)8-11-3-6-15-9-11/h3,6,9-10H,2,4-5,7-8H2,1H3. The van der Waals surface area contributed by atoms with Crippen molar-refractivity contribution in [3.05, 3.63) is 22.4 Å². The van der Waals surface area contributed by atoms with Gasteiger partial charge in [-0.1, -0.05) is 0 Å². The molecular formula is C11H17NO2S2. The van der Waals surface area contributed by atoms with Crippen molar-refractivity contribution in [1.82, 2.24) is 4.90 Å². The SMILES string of the molecule is CC1CCN(Cc2ccsc2)CCS1(=O)=O. The summed E-state index contributed by atoms with van der Waals surface area (Å²) < 4.78 is 23.4. The highest BCUT2D eigenvalue weighted by atomic mass is 32.2. The quantitative estimate of drug-likeness (QED) is 0.812. The number of nitrogens with zero attached hydrogens (tertiary/aromatic N) is 1. The molecule has 1 saturated heterocycles. The zero-order valence-corrected chi connectivity index (χ0v) is 11.1. The van der Waals surface area contributed by atoms with Crippen LogP contribution in [0.5, 0.6) is 0 Å². The highest BCUT2D eigenvalue weighted by Crippen LogP contribution is 2.16. The van der Waals surface area contributed by atoms with Crippen LogP contribution < -0.4 is 0 Å². The van der Waals surface area contributed by atoms with Crippen molar-refractivity contribution in [2.75, 3.05) is 18.8 Å². The van der Waals surface area contributed by atoms with Crippen molar-refractivity contribution in [2.45, 2.75) is 25.1 Å². The van der Waals surface area contributed by atoms with Crippen molar-refractivity contribution in [3.63, 3.8) is 0 Å². The van der Waals surface area contributed by atoms with Gasteiger partial charge in [-0.3, -0.25) is 4.90 Å². The first kappa shape index (κ1) is 12.1. The highest BCUT2D eigenvalue weighted by Gasteiger charge is 2.26. The molecule has 1 unspecified atom stereocenters. The van der Waals surface area contributed by atoms with Gasteiger partial charge >= 0.3 is 0 Å². The first-order valence-corrected chi connectivity index (χ1v) is 8.19. The van der Waals surface area contributed by atoms with E-state index in [4.69, 9.17) is 0 Å². The lowest BCUT2D eigenvalue weighted by atomic mass is 10.2. The summed E-state index contributed by atoms with van der Waals surface area (Å²) in [7, 11) is -2.85. The summed E-state index contributed by atoms with van der Waals surface area (Å²) >= 11 is 1.69. The van der Waals surface area contributed by atoms with Crippen molar-refractivity contribution < 1.29 is 8.42 Å². The Labute approximate surface area is 101 Å². The molecule has 0 bridgehead atoms. The molecular weight excluding hydrogens is 242 g/mol. The molecule has 1 atom stereocenters. The van der Waals surface area contributed by atoms with Gasteiger partial charge in [-0.2, -0.15) is 11.3 Å². The third-order valence-corrected chi connectivity index (χ3v) is 6.09. The van der Waals surface area contributed by atoms with E-state index in [1.807, 2.05) is 6.92 Å². The molecule has 1 aliphatic heterocycles. The first-order valence-electron chi connectivity index (χ1n) is 5.53. The van der Waals surface area contributed by atoms with E-state index in [1.165, 1.54) is 5.56 Å². The summed E-state index contributed by atoms with van der Waals surface area (Å²) in [5.41, 5.74) is 1.29. The minimum Gasteiger partial charge on any atom is -0.298 e. The van der Waals surface area contributed by atoms with E-state index in [-0.39, 0.29) is 5.25 Å². The number of sulfone groups is 1. The van der Waals surface area contributed by atoms with E-state index in [0.29, 0.717) is 12.3 Å². The molecule has 0 amide bonds. The lowest BCUT2D eigenvalue weighted by molar-refractivity contribution is 0.284. The van der Waals surface area contributed by atoms with Gasteiger partial charge in [0.05, 0.1) is 11.0 Å². The second kappa shape index (κ2) is 4.85. The molecule has 1 aromatic rings. The molecule has 2 heterocycles. The minimum atomic E-state index is -2.85. The smallest absolute Gasteiger partial charge is 0.154 e. The van der Waals surface area contributed by atoms with E-state index >= 15 is 0 Å². The molecule has 16 heavy (non-hydrogen) atoms. The lowest BCUT2D eigenvalue weighted by Gasteiger charge is -2.18. The largest absolute Gasteiger partial charge is 0.298 e. The fraction of sp³-hybridized carbons (Fsp3) is 0.636. The summed E-state index contributed by atoms with van der Waals surface area (Å²) in [6.45, 7) is 4.26. The van der Waals surface area contributed by atoms with Crippen LogP contribution in [0.2, 0.25) is 0 Å². The molecule has 1 aliphatic rings. The average Bonchev–Trinajstić information content (AvgIpc) is 2.70. The second-order valence-electron chi connectivity index (χ2n) is 4.37. The van der Waals surface area contributed by atoms with Crippen molar-refractivity contribution in [2.24, 2.45) is 0 Å². The van der Waals surface area contributed by atoms with Crippen LogP contribution in [0.4, 0.5) is 0 Å². The Hall–Kier alpha value is -0.390. The van der Waals surface area contributed by atoms with Crippen LogP contribution in [0.3, 0.4) is 0 Å². The van der Waals surface area contributed by atoms with Crippen molar-refractivity contribution >= 4 is 21.2 Å². The summed E-state index contributed by atoms with van der Waals surface area (Å²) in [5.74, 6) is 0.304. The van der Waals surface area contributed by atoms with Gasteiger partial charge in [0.25, 0.3) is 0 Å². The Morgan fingerprint density at radius 3 is 3.00 bits per heavy atom. The molecule has 1 aromatic heterocycles. The highest BCUT2D eigenvalue weighted by molar-refractivity contribution is 7.92. The molecule has 2 rings (SSSR count). The topological polar surface area (TPSA) is 37.4 Å². The maximum absolute atomic E-state index is 11.7. The van der Waals surface area contributed by atoms with Gasteiger partial charge in [0, 0.05) is 13.1 Å². The molecule has 0 aliphatic carbocycles. The third kappa shape index (κ3) is 2.84. The van der Waals surface area contributed by atoms with Gasteiger partial charge in [-0.05, 0) is 42.3 Å². The van der Waals surface area contributed by atoms with E-state index in [9.17, 15) is 8.42 Å². The van der Waals surface area contributed by atoms with Gasteiger partial charge in [-0.25, -0.2) is 8.42 Å². The maximum atomic E-state index is 11.7. The van der Waals surface area contributed by atoms with E-state index in [0.717, 1.165) is 19.5 Å². The van der Waals surface area contributed by atoms with E-state index in [1.54, 1.807) is 11.3 Å². The first-order chi connectivity index (χ1) is 7.58. The van der Waals surface area contributed by atoms with Crippen LogP contribution in [0, 0.1) is 0 Å². The van der Waals surface area contributed by atoms with Crippen LogP contribution in [0.15, 0.2) is 16.8 Å². The zero-order valence-electron chi connectivity index (χ0n) is 9.43. The normalized spacial score (nSPS) is 26.4. The summed E-state index contributed by atoms with van der Waals surface area (Å²) in [5, 5.41) is 4.01. The number of thiophene rings is 1. The zero-order chi connectivity index (χ0) is 11.6. The minimum absolute atomic E-state index is 0.181. The van der Waals surface area contributed by atoms with Gasteiger partial charge < -0.3 is 0 Å². The Kier molecular flexibility index (Phi) is 3.66. The molecule has 0 N–H and O–H groups in total. The summed E-state index contributed by atoms with van der Waals surface area (Å²) in [4.78, 5) is 2.24. The third-order valence-electron chi connectivity index (χ3n) is 3.14. The molecule has 0 saturated carbocycles. The van der Waals surface area contributed by atoms with Crippen LogP contribution in [-0.2, 0) is 16.4 Å². The van der Waals surface area contributed by atoms with Crippen LogP contribution in [-0.4, -0.2) is 37.4 Å². The molecule has 5 heteroatoms. The van der Waals surface area contributed by atoms with Crippen LogP contribution >= 0.6 is 11.3 Å². The van der Waals surface area contributed by atoms with Crippen LogP contribution in [0.25, 0.3) is 0 Å². The Morgan fingerprint density at radius 2 is 2.31 bits per heavy atom. The second-order valence-corrected chi connectivity index (χ2v) is 7.69. The molecule has 0 spiro atoms. The van der Waals surface area contributed by atoms with Gasteiger partial charge in [0.2, 0.25) is 0 Å². The average molecular weight is 259 g/mol. The Morgan fingerprint density at radius 1 is 1.50 bits per heavy atom. The maximum Gasteiger partial charge on any atom is 0.154 e. The number of hydrogen-bond acceptors (Lipinski definition) is 4. The molecule has 1 fully saturated rings. The van der Waals surface area contributed by atoms with Crippen LogP contribution in [0.1, 0.15) is 18.9 Å². The molecule has 0 radical (unpaired) electrons. The Bertz CT molecular complexity index is 425. The molecule has 0 aromatic carbocycles. The van der Waals surface area contributed by atoms with Crippen molar-refractivity contribution in [3.8, 4) is 0 Å². The van der Waals surface area contributed by atoms with Gasteiger partial charge in [-0.15, -0.1) is 0 Å². The predicted molar refractivity (Wildman–Crippen MR) is 67.5 cm³/mol. The summed E-state index contributed by atoms with van der Waals surface area (Å²) in [6, 6.07) is 2.10. The van der Waals surface area contributed by atoms with E-state index in [2.05, 4.69) is 21.7 Å². The lowest BCUT2D eigenvalue weighted by Crippen LogP contribution is -2.26. The molecule has 90 valence electrons. The van der Waals surface area contributed by atoms with Gasteiger partial charge in [0.1, 0.15) is 0 Å². The fourth-order valence-electron chi connectivity index (χ4n) is 1.91. The number of hydrogen-bond donors (Lipinski definition) is 0. The van der Waals surface area contributed by atoms with Crippen molar-refractivity contribution in [1.29, 1.82) is 0 Å². The monoisotopic (exact) mass is 259 g/mol. The number of rotatable bonds is 2. The predicted octanol–water partition coefficient (Wildman–Crippen LogP) is 1.76. The molecule has 3 nitrogen and oxygen atoms in total.